The van der Waals surface area contributed by atoms with Gasteiger partial charge < -0.3 is 20.5 Å². The van der Waals surface area contributed by atoms with Crippen LogP contribution in [0.4, 0.5) is 4.79 Å². The molecular weight excluding hydrogens is 448 g/mol. The maximum absolute atomic E-state index is 13.0. The molecule has 0 bridgehead atoms. The van der Waals surface area contributed by atoms with E-state index >= 15 is 0 Å². The average molecular weight is 485 g/mol. The van der Waals surface area contributed by atoms with Crippen LogP contribution in [0.3, 0.4) is 0 Å². The minimum atomic E-state index is -3.86. The van der Waals surface area contributed by atoms with Crippen molar-refractivity contribution in [1.82, 2.24) is 19.9 Å². The summed E-state index contributed by atoms with van der Waals surface area (Å²) in [5, 5.41) is 16.0. The zero-order valence-corrected chi connectivity index (χ0v) is 20.8. The van der Waals surface area contributed by atoms with E-state index in [2.05, 4.69) is 15.6 Å². The van der Waals surface area contributed by atoms with E-state index in [0.717, 1.165) is 0 Å². The molecule has 1 saturated heterocycles. The van der Waals surface area contributed by atoms with Crippen molar-refractivity contribution in [2.24, 2.45) is 5.92 Å². The van der Waals surface area contributed by atoms with E-state index in [1.165, 1.54) is 16.6 Å². The highest BCUT2D eigenvalue weighted by Gasteiger charge is 2.35. The average Bonchev–Trinajstić information content (AvgIpc) is 2.88. The molecule has 0 radical (unpaired) electrons. The third-order valence-corrected chi connectivity index (χ3v) is 6.84. The predicted octanol–water partition coefficient (Wildman–Crippen LogP) is 1.65. The number of rotatable bonds is 7. The highest BCUT2D eigenvalue weighted by atomic mass is 32.2. The normalized spacial score (nSPS) is 21.2. The second-order valence-corrected chi connectivity index (χ2v) is 11.6. The third kappa shape index (κ3) is 8.24. The molecule has 33 heavy (non-hydrogen) atoms. The molecule has 2 rings (SSSR count). The Hall–Kier alpha value is -2.24. The summed E-state index contributed by atoms with van der Waals surface area (Å²) in [6.07, 6.45) is 0.809. The van der Waals surface area contributed by atoms with E-state index < -0.39 is 45.8 Å². The van der Waals surface area contributed by atoms with Crippen LogP contribution in [0.1, 0.15) is 53.9 Å². The summed E-state index contributed by atoms with van der Waals surface area (Å²) in [5.41, 5.74) is -0.705. The quantitative estimate of drug-likeness (QED) is 0.535. The summed E-state index contributed by atoms with van der Waals surface area (Å²) >= 11 is 0. The molecule has 3 atom stereocenters. The van der Waals surface area contributed by atoms with Gasteiger partial charge in [0.2, 0.25) is 5.91 Å². The number of aliphatic hydroxyl groups excluding tert-OH is 1. The number of sulfonamides is 1. The molecule has 10 nitrogen and oxygen atoms in total. The Morgan fingerprint density at radius 2 is 2.00 bits per heavy atom. The van der Waals surface area contributed by atoms with Crippen LogP contribution < -0.4 is 10.6 Å². The van der Waals surface area contributed by atoms with Crippen molar-refractivity contribution >= 4 is 22.0 Å². The Morgan fingerprint density at radius 1 is 1.30 bits per heavy atom. The lowest BCUT2D eigenvalue weighted by atomic mass is 10.0. The molecule has 0 spiro atoms. The number of β-amino-alcohol motifs (C(OH)–C–C–N with tert-alkyl or cyclic N) is 1. The number of aromatic nitrogens is 1. The van der Waals surface area contributed by atoms with Crippen molar-refractivity contribution < 1.29 is 27.9 Å². The largest absolute Gasteiger partial charge is 0.444 e. The number of carbonyl (C=O) groups excluding carboxylic acids is 2. The summed E-state index contributed by atoms with van der Waals surface area (Å²) in [6, 6.07) is 3.12. The fraction of sp³-hybridized carbons (Fsp3) is 0.682. The van der Waals surface area contributed by atoms with Crippen LogP contribution in [0.25, 0.3) is 0 Å². The van der Waals surface area contributed by atoms with E-state index in [1.807, 2.05) is 13.8 Å². The summed E-state index contributed by atoms with van der Waals surface area (Å²) in [7, 11) is -3.86. The van der Waals surface area contributed by atoms with Crippen molar-refractivity contribution in [3.63, 3.8) is 0 Å². The van der Waals surface area contributed by atoms with Crippen molar-refractivity contribution in [3.05, 3.63) is 24.4 Å². The van der Waals surface area contributed by atoms with Crippen LogP contribution >= 0.6 is 0 Å². The number of ether oxygens (including phenoxy) is 1. The zero-order valence-electron chi connectivity index (χ0n) is 19.9. The lowest BCUT2D eigenvalue weighted by Gasteiger charge is -2.28. The molecule has 2 heterocycles. The molecule has 0 aliphatic carbocycles. The monoisotopic (exact) mass is 484 g/mol. The van der Waals surface area contributed by atoms with Crippen LogP contribution in [0.15, 0.2) is 29.4 Å². The Bertz CT molecular complexity index is 901. The zero-order chi connectivity index (χ0) is 24.8. The van der Waals surface area contributed by atoms with Gasteiger partial charge in [-0.25, -0.2) is 18.2 Å². The lowest BCUT2D eigenvalue weighted by Crippen LogP contribution is -2.54. The number of nitrogens with zero attached hydrogens (tertiary/aromatic N) is 2. The molecule has 1 fully saturated rings. The number of pyridine rings is 1. The maximum atomic E-state index is 13.0. The second-order valence-electron chi connectivity index (χ2n) is 9.68. The van der Waals surface area contributed by atoms with Gasteiger partial charge in [-0.15, -0.1) is 0 Å². The minimum Gasteiger partial charge on any atom is -0.444 e. The van der Waals surface area contributed by atoms with E-state index in [-0.39, 0.29) is 24.0 Å². The molecule has 1 aromatic heterocycles. The summed E-state index contributed by atoms with van der Waals surface area (Å²) < 4.78 is 32.2. The number of nitrogens with one attached hydrogen (secondary N) is 2. The summed E-state index contributed by atoms with van der Waals surface area (Å²) in [6.45, 7) is 9.09. The van der Waals surface area contributed by atoms with E-state index in [9.17, 15) is 23.1 Å². The van der Waals surface area contributed by atoms with Gasteiger partial charge in [-0.2, -0.15) is 4.31 Å². The third-order valence-electron chi connectivity index (χ3n) is 5.06. The molecule has 0 saturated carbocycles. The van der Waals surface area contributed by atoms with Gasteiger partial charge in [0, 0.05) is 19.3 Å². The van der Waals surface area contributed by atoms with Crippen molar-refractivity contribution in [2.75, 3.05) is 13.1 Å². The van der Waals surface area contributed by atoms with Crippen molar-refractivity contribution in [1.29, 1.82) is 0 Å². The van der Waals surface area contributed by atoms with Crippen LogP contribution in [-0.2, 0) is 19.6 Å². The molecule has 1 aliphatic heterocycles. The van der Waals surface area contributed by atoms with Gasteiger partial charge in [-0.3, -0.25) is 4.79 Å². The fourth-order valence-corrected chi connectivity index (χ4v) is 4.99. The Morgan fingerprint density at radius 3 is 2.58 bits per heavy atom. The van der Waals surface area contributed by atoms with Gasteiger partial charge in [0.05, 0.1) is 12.1 Å². The molecule has 2 amide bonds. The first-order valence-corrected chi connectivity index (χ1v) is 12.6. The molecule has 2 unspecified atom stereocenters. The van der Waals surface area contributed by atoms with Gasteiger partial charge in [0.1, 0.15) is 11.6 Å². The first kappa shape index (κ1) is 27.0. The Kier molecular flexibility index (Phi) is 9.21. The standard InChI is InChI=1S/C22H36N4O6S/c1-15(2)13-17(25-21(29)32-22(3,4)5)20(28)24-16-9-8-12-26(14-18(16)27)33(30,31)19-10-6-7-11-23-19/h6-7,10-11,15-18,27H,8-9,12-14H2,1-5H3,(H,24,28)(H,25,29)/t16?,17?,18-/m0/s1. The minimum absolute atomic E-state index is 0.0850. The van der Waals surface area contributed by atoms with Crippen LogP contribution in [-0.4, -0.2) is 71.7 Å². The molecule has 3 N–H and O–H groups in total. The van der Waals surface area contributed by atoms with Gasteiger partial charge in [-0.1, -0.05) is 19.9 Å². The number of alkyl carbamates (subject to hydrolysis) is 1. The molecule has 1 aromatic rings. The van der Waals surface area contributed by atoms with Crippen molar-refractivity contribution in [3.8, 4) is 0 Å². The Labute approximate surface area is 196 Å². The molecule has 11 heteroatoms. The molecule has 186 valence electrons. The number of aliphatic hydroxyl groups is 1. The molecular formula is C22H36N4O6S. The summed E-state index contributed by atoms with van der Waals surface area (Å²) in [5.74, 6) is -0.326. The smallest absolute Gasteiger partial charge is 0.408 e. The van der Waals surface area contributed by atoms with Gasteiger partial charge in [0.15, 0.2) is 5.03 Å². The van der Waals surface area contributed by atoms with Gasteiger partial charge in [-0.05, 0) is 58.1 Å². The fourth-order valence-electron chi connectivity index (χ4n) is 3.56. The highest BCUT2D eigenvalue weighted by Crippen LogP contribution is 2.20. The second kappa shape index (κ2) is 11.3. The van der Waals surface area contributed by atoms with Crippen LogP contribution in [0.5, 0.6) is 0 Å². The number of amides is 2. The number of carbonyl (C=O) groups is 2. The first-order valence-electron chi connectivity index (χ1n) is 11.2. The number of hydrogen-bond donors (Lipinski definition) is 3. The van der Waals surface area contributed by atoms with Crippen molar-refractivity contribution in [2.45, 2.75) is 82.7 Å². The van der Waals surface area contributed by atoms with Gasteiger partial charge >= 0.3 is 6.09 Å². The highest BCUT2D eigenvalue weighted by molar-refractivity contribution is 7.89. The molecule has 1 aliphatic rings. The number of hydrogen-bond acceptors (Lipinski definition) is 7. The first-order chi connectivity index (χ1) is 15.3. The summed E-state index contributed by atoms with van der Waals surface area (Å²) in [4.78, 5) is 29.1. The maximum Gasteiger partial charge on any atom is 0.408 e. The van der Waals surface area contributed by atoms with Crippen LogP contribution in [0, 0.1) is 5.92 Å². The SMILES string of the molecule is CC(C)CC(NC(=O)OC(C)(C)C)C(=O)NC1CCCN(S(=O)(=O)c2ccccn2)C[C@@H]1O. The van der Waals surface area contributed by atoms with Crippen LogP contribution in [0.2, 0.25) is 0 Å². The lowest BCUT2D eigenvalue weighted by molar-refractivity contribution is -0.125. The van der Waals surface area contributed by atoms with E-state index in [1.54, 1.807) is 32.9 Å². The predicted molar refractivity (Wildman–Crippen MR) is 123 cm³/mol. The Balaban J connectivity index is 2.07. The molecule has 0 aromatic carbocycles. The van der Waals surface area contributed by atoms with E-state index in [0.29, 0.717) is 19.3 Å². The van der Waals surface area contributed by atoms with Gasteiger partial charge in [0.25, 0.3) is 10.0 Å². The van der Waals surface area contributed by atoms with E-state index in [4.69, 9.17) is 4.74 Å². The topological polar surface area (TPSA) is 138 Å².